The molecule has 0 atom stereocenters. The summed E-state index contributed by atoms with van der Waals surface area (Å²) in [6.45, 7) is 2.04. The van der Waals surface area contributed by atoms with Crippen LogP contribution in [0.1, 0.15) is 30.9 Å². The van der Waals surface area contributed by atoms with Crippen LogP contribution in [0.4, 0.5) is 4.39 Å². The molecule has 0 saturated heterocycles. The SMILES string of the molecule is CCCC1=NN2C(=N)/C(=C\c3cc(Cl)ccc3OCc3ccccc3F)C(=O)N=C2S1. The Morgan fingerprint density at radius 2 is 2.10 bits per heavy atom. The van der Waals surface area contributed by atoms with E-state index in [1.807, 2.05) is 6.92 Å². The van der Waals surface area contributed by atoms with Crippen molar-refractivity contribution < 1.29 is 13.9 Å². The molecule has 2 aliphatic rings. The average molecular weight is 457 g/mol. The van der Waals surface area contributed by atoms with Crippen LogP contribution in [-0.4, -0.2) is 27.0 Å². The maximum Gasteiger partial charge on any atom is 0.283 e. The first-order valence-corrected chi connectivity index (χ1v) is 10.8. The van der Waals surface area contributed by atoms with Crippen LogP contribution in [-0.2, 0) is 11.4 Å². The Morgan fingerprint density at radius 3 is 2.87 bits per heavy atom. The molecule has 0 radical (unpaired) electrons. The molecule has 158 valence electrons. The molecule has 0 bridgehead atoms. The molecule has 9 heteroatoms. The van der Waals surface area contributed by atoms with E-state index < -0.39 is 5.91 Å². The number of thioether (sulfide) groups is 1. The van der Waals surface area contributed by atoms with E-state index >= 15 is 0 Å². The number of benzene rings is 2. The number of nitrogens with one attached hydrogen (secondary N) is 1. The Morgan fingerprint density at radius 1 is 1.29 bits per heavy atom. The molecular weight excluding hydrogens is 439 g/mol. The topological polar surface area (TPSA) is 78.1 Å². The zero-order valence-corrected chi connectivity index (χ0v) is 18.1. The summed E-state index contributed by atoms with van der Waals surface area (Å²) >= 11 is 7.45. The second-order valence-electron chi connectivity index (χ2n) is 6.83. The molecule has 4 rings (SSSR count). The van der Waals surface area contributed by atoms with Crippen molar-refractivity contribution in [3.8, 4) is 5.75 Å². The van der Waals surface area contributed by atoms with Gasteiger partial charge in [-0.3, -0.25) is 10.2 Å². The van der Waals surface area contributed by atoms with E-state index in [0.717, 1.165) is 17.9 Å². The lowest BCUT2D eigenvalue weighted by molar-refractivity contribution is -0.114. The van der Waals surface area contributed by atoms with Crippen molar-refractivity contribution in [1.29, 1.82) is 5.41 Å². The van der Waals surface area contributed by atoms with Crippen molar-refractivity contribution >= 4 is 51.4 Å². The van der Waals surface area contributed by atoms with Gasteiger partial charge in [-0.2, -0.15) is 15.1 Å². The lowest BCUT2D eigenvalue weighted by atomic mass is 10.1. The zero-order valence-electron chi connectivity index (χ0n) is 16.6. The number of aliphatic imine (C=N–C) groups is 1. The number of nitrogens with zero attached hydrogens (tertiary/aromatic N) is 3. The number of carbonyl (C=O) groups excluding carboxylic acids is 1. The number of halogens is 2. The van der Waals surface area contributed by atoms with E-state index in [1.54, 1.807) is 36.4 Å². The van der Waals surface area contributed by atoms with Crippen LogP contribution in [0.3, 0.4) is 0 Å². The Hall–Kier alpha value is -2.97. The van der Waals surface area contributed by atoms with Gasteiger partial charge in [0.15, 0.2) is 5.84 Å². The average Bonchev–Trinajstić information content (AvgIpc) is 3.14. The van der Waals surface area contributed by atoms with Gasteiger partial charge in [0.25, 0.3) is 5.91 Å². The van der Waals surface area contributed by atoms with E-state index in [-0.39, 0.29) is 23.8 Å². The highest BCUT2D eigenvalue weighted by Gasteiger charge is 2.35. The van der Waals surface area contributed by atoms with Gasteiger partial charge in [0, 0.05) is 16.1 Å². The third kappa shape index (κ3) is 4.55. The summed E-state index contributed by atoms with van der Waals surface area (Å²) in [4.78, 5) is 16.7. The summed E-state index contributed by atoms with van der Waals surface area (Å²) in [5.74, 6) is -0.554. The van der Waals surface area contributed by atoms with Crippen molar-refractivity contribution in [2.24, 2.45) is 10.1 Å². The molecule has 0 aromatic heterocycles. The molecule has 31 heavy (non-hydrogen) atoms. The Bertz CT molecular complexity index is 1160. The van der Waals surface area contributed by atoms with Crippen molar-refractivity contribution in [1.82, 2.24) is 5.01 Å². The maximum absolute atomic E-state index is 13.9. The first kappa shape index (κ1) is 21.3. The normalized spacial score (nSPS) is 17.0. The van der Waals surface area contributed by atoms with Crippen LogP contribution in [0, 0.1) is 11.2 Å². The van der Waals surface area contributed by atoms with Gasteiger partial charge in [0.1, 0.15) is 23.2 Å². The van der Waals surface area contributed by atoms with Crippen LogP contribution >= 0.6 is 23.4 Å². The van der Waals surface area contributed by atoms with E-state index in [9.17, 15) is 9.18 Å². The molecule has 2 aromatic rings. The van der Waals surface area contributed by atoms with Gasteiger partial charge < -0.3 is 4.74 Å². The number of hydrazone groups is 1. The first-order valence-electron chi connectivity index (χ1n) is 9.61. The van der Waals surface area contributed by atoms with Crippen LogP contribution < -0.4 is 4.74 Å². The molecule has 0 saturated carbocycles. The molecule has 2 aromatic carbocycles. The Kier molecular flexibility index (Phi) is 6.20. The fraction of sp³-hybridized carbons (Fsp3) is 0.182. The minimum atomic E-state index is -0.531. The van der Waals surface area contributed by atoms with Crippen LogP contribution in [0.25, 0.3) is 6.08 Å². The van der Waals surface area contributed by atoms with Crippen molar-refractivity contribution in [2.45, 2.75) is 26.4 Å². The van der Waals surface area contributed by atoms with Gasteiger partial charge in [0.05, 0.1) is 5.57 Å². The highest BCUT2D eigenvalue weighted by molar-refractivity contribution is 8.26. The number of carbonyl (C=O) groups is 1. The summed E-state index contributed by atoms with van der Waals surface area (Å²) in [7, 11) is 0. The van der Waals surface area contributed by atoms with Gasteiger partial charge >= 0.3 is 0 Å². The van der Waals surface area contributed by atoms with Crippen molar-refractivity contribution in [3.63, 3.8) is 0 Å². The van der Waals surface area contributed by atoms with Crippen LogP contribution in [0.15, 0.2) is 58.1 Å². The first-order chi connectivity index (χ1) is 15.0. The number of fused-ring (bicyclic) bond motifs is 1. The molecule has 0 fully saturated rings. The molecule has 1 N–H and O–H groups in total. The van der Waals surface area contributed by atoms with Gasteiger partial charge in [-0.05, 0) is 54.9 Å². The lowest BCUT2D eigenvalue weighted by Gasteiger charge is -2.20. The summed E-state index contributed by atoms with van der Waals surface area (Å²) in [6.07, 6.45) is 3.16. The predicted octanol–water partition coefficient (Wildman–Crippen LogP) is 5.48. The number of hydrogen-bond acceptors (Lipinski definition) is 5. The summed E-state index contributed by atoms with van der Waals surface area (Å²) < 4.78 is 19.7. The number of ether oxygens (including phenoxy) is 1. The van der Waals surface area contributed by atoms with E-state index in [1.165, 1.54) is 28.9 Å². The fourth-order valence-electron chi connectivity index (χ4n) is 3.04. The molecule has 0 aliphatic carbocycles. The van der Waals surface area contributed by atoms with Crippen LogP contribution in [0.5, 0.6) is 5.75 Å². The fourth-order valence-corrected chi connectivity index (χ4v) is 4.20. The molecule has 2 heterocycles. The quantitative estimate of drug-likeness (QED) is 0.584. The zero-order chi connectivity index (χ0) is 22.0. The van der Waals surface area contributed by atoms with Crippen molar-refractivity contribution in [3.05, 3.63) is 70.0 Å². The maximum atomic E-state index is 13.9. The molecule has 0 unspecified atom stereocenters. The van der Waals surface area contributed by atoms with E-state index in [4.69, 9.17) is 21.7 Å². The van der Waals surface area contributed by atoms with Crippen LogP contribution in [0.2, 0.25) is 5.02 Å². The molecule has 2 aliphatic heterocycles. The molecule has 1 amide bonds. The van der Waals surface area contributed by atoms with E-state index in [0.29, 0.717) is 27.1 Å². The summed E-state index contributed by atoms with van der Waals surface area (Å²) in [5, 5.41) is 15.9. The Labute approximate surface area is 188 Å². The standard InChI is InChI=1S/C22H18ClFN4O2S/c1-2-5-19-27-28-20(25)16(21(29)26-22(28)31-19)11-14-10-15(23)8-9-18(14)30-12-13-6-3-4-7-17(13)24/h3-4,6-11,25H,2,5,12H2,1H3/b16-11+,25-20?. The minimum Gasteiger partial charge on any atom is -0.488 e. The van der Waals surface area contributed by atoms with Gasteiger partial charge in [-0.1, -0.05) is 36.7 Å². The third-order valence-corrected chi connectivity index (χ3v) is 5.78. The van der Waals surface area contributed by atoms with Gasteiger partial charge in [-0.15, -0.1) is 0 Å². The monoisotopic (exact) mass is 456 g/mol. The molecule has 6 nitrogen and oxygen atoms in total. The number of rotatable bonds is 6. The Balaban J connectivity index is 1.64. The van der Waals surface area contributed by atoms with E-state index in [2.05, 4.69) is 10.1 Å². The number of amidine groups is 2. The predicted molar refractivity (Wildman–Crippen MR) is 122 cm³/mol. The minimum absolute atomic E-state index is 0.00556. The van der Waals surface area contributed by atoms with Gasteiger partial charge in [-0.25, -0.2) is 4.39 Å². The second-order valence-corrected chi connectivity index (χ2v) is 8.30. The molecular formula is C22H18ClFN4O2S. The van der Waals surface area contributed by atoms with Gasteiger partial charge in [0.2, 0.25) is 5.17 Å². The largest absolute Gasteiger partial charge is 0.488 e. The lowest BCUT2D eigenvalue weighted by Crippen LogP contribution is -2.35. The van der Waals surface area contributed by atoms with Crippen molar-refractivity contribution in [2.75, 3.05) is 0 Å². The summed E-state index contributed by atoms with van der Waals surface area (Å²) in [6, 6.07) is 11.2. The highest BCUT2D eigenvalue weighted by Crippen LogP contribution is 2.32. The number of amides is 1. The smallest absolute Gasteiger partial charge is 0.283 e. The third-order valence-electron chi connectivity index (χ3n) is 4.57. The summed E-state index contributed by atoms with van der Waals surface area (Å²) in [5.41, 5.74) is 0.961. The second kappa shape index (κ2) is 9.03. The molecule has 0 spiro atoms. The highest BCUT2D eigenvalue weighted by atomic mass is 35.5. The number of hydrogen-bond donors (Lipinski definition) is 1.